The highest BCUT2D eigenvalue weighted by Gasteiger charge is 2.34. The molecule has 0 aliphatic heterocycles. The van der Waals surface area contributed by atoms with E-state index in [9.17, 15) is 35.6 Å². The summed E-state index contributed by atoms with van der Waals surface area (Å²) in [4.78, 5) is 21.4. The van der Waals surface area contributed by atoms with E-state index in [1.807, 2.05) is 0 Å². The lowest BCUT2D eigenvalue weighted by molar-refractivity contribution is -0.139. The van der Waals surface area contributed by atoms with Gasteiger partial charge in [-0.1, -0.05) is 6.58 Å². The van der Waals surface area contributed by atoms with Crippen LogP contribution in [0.3, 0.4) is 0 Å². The molecule has 0 unspecified atom stereocenters. The van der Waals surface area contributed by atoms with E-state index in [-0.39, 0.29) is 39.0 Å². The van der Waals surface area contributed by atoms with Gasteiger partial charge in [0.2, 0.25) is 17.4 Å². The number of rotatable bonds is 8. The third-order valence-corrected chi connectivity index (χ3v) is 5.83. The van der Waals surface area contributed by atoms with Crippen molar-refractivity contribution in [3.63, 3.8) is 0 Å². The van der Waals surface area contributed by atoms with Crippen LogP contribution in [0.5, 0.6) is 11.5 Å². The highest BCUT2D eigenvalue weighted by molar-refractivity contribution is 9.11. The molecule has 0 bridgehead atoms. The molecule has 2 rings (SSSR count). The summed E-state index contributed by atoms with van der Waals surface area (Å²) in [5, 5.41) is 0. The van der Waals surface area contributed by atoms with Crippen molar-refractivity contribution in [1.29, 1.82) is 0 Å². The molecule has 8 nitrogen and oxygen atoms in total. The zero-order valence-corrected chi connectivity index (χ0v) is 20.7. The number of hydrogen-bond acceptors (Lipinski definition) is 7. The van der Waals surface area contributed by atoms with Crippen molar-refractivity contribution in [2.45, 2.75) is 11.8 Å². The van der Waals surface area contributed by atoms with Crippen LogP contribution in [-0.2, 0) is 19.6 Å². The Morgan fingerprint density at radius 3 is 1.91 bits per heavy atom. The second-order valence-corrected chi connectivity index (χ2v) is 9.38. The van der Waals surface area contributed by atoms with Crippen LogP contribution in [0, 0.1) is 23.3 Å². The molecule has 34 heavy (non-hydrogen) atoms. The van der Waals surface area contributed by atoms with Gasteiger partial charge < -0.3 is 14.2 Å². The largest absolute Gasteiger partial charge is 0.488 e. The smallest absolute Gasteiger partial charge is 0.343 e. The van der Waals surface area contributed by atoms with Crippen molar-refractivity contribution in [2.24, 2.45) is 0 Å². The highest BCUT2D eigenvalue weighted by atomic mass is 79.9. The maximum Gasteiger partial charge on any atom is 0.343 e. The van der Waals surface area contributed by atoms with Crippen molar-refractivity contribution in [2.75, 3.05) is 13.2 Å². The quantitative estimate of drug-likeness (QED) is 0.0842. The fourth-order valence-electron chi connectivity index (χ4n) is 2.28. The maximum absolute atomic E-state index is 14.1. The van der Waals surface area contributed by atoms with E-state index in [1.165, 1.54) is 6.92 Å². The van der Waals surface area contributed by atoms with Crippen LogP contribution in [0.1, 0.15) is 17.3 Å². The first kappa shape index (κ1) is 27.8. The van der Waals surface area contributed by atoms with E-state index in [1.54, 1.807) is 0 Å². The van der Waals surface area contributed by atoms with Crippen LogP contribution in [0.4, 0.5) is 17.6 Å². The number of hydrogen-bond donors (Lipinski definition) is 1. The second-order valence-electron chi connectivity index (χ2n) is 6.31. The zero-order valence-electron chi connectivity index (χ0n) is 16.8. The first-order chi connectivity index (χ1) is 15.7. The van der Waals surface area contributed by atoms with Gasteiger partial charge in [0.1, 0.15) is 19.0 Å². The molecular weight excluding hydrogens is 624 g/mol. The lowest BCUT2D eigenvalue weighted by Crippen LogP contribution is -2.16. The number of carbonyl (C=O) groups excluding carboxylic acids is 2. The third kappa shape index (κ3) is 6.14. The fourth-order valence-corrected chi connectivity index (χ4v) is 4.32. The molecule has 2 aromatic rings. The van der Waals surface area contributed by atoms with Gasteiger partial charge in [0.25, 0.3) is 0 Å². The van der Waals surface area contributed by atoms with Crippen molar-refractivity contribution < 1.29 is 54.3 Å². The van der Waals surface area contributed by atoms with Gasteiger partial charge in [-0.3, -0.25) is 4.55 Å². The molecule has 0 heterocycles. The molecule has 184 valence electrons. The lowest BCUT2D eigenvalue weighted by Gasteiger charge is -2.13. The van der Waals surface area contributed by atoms with Gasteiger partial charge in [0.15, 0.2) is 16.5 Å². The number of halogens is 6. The fraction of sp³-hybridized carbons (Fsp3) is 0.158. The molecule has 0 saturated carbocycles. The normalized spacial score (nSPS) is 11.2. The Morgan fingerprint density at radius 2 is 1.47 bits per heavy atom. The summed E-state index contributed by atoms with van der Waals surface area (Å²) in [6, 6.07) is 2.16. The highest BCUT2D eigenvalue weighted by Crippen LogP contribution is 2.36. The average molecular weight is 636 g/mol. The standard InChI is InChI=1S/C19H12Br2F4O8S/c1-7(2)18(26)32-4-3-31-15-9(20)5-8(6-10(15)21)19(27)33-16-11(22)13(24)17(34(28,29)30)14(25)12(16)23/h5-6H,1,3-4H2,2H3,(H,28,29,30). The van der Waals surface area contributed by atoms with E-state index in [2.05, 4.69) is 43.2 Å². The minimum absolute atomic E-state index is 0.102. The Morgan fingerprint density at radius 1 is 0.971 bits per heavy atom. The summed E-state index contributed by atoms with van der Waals surface area (Å²) in [6.45, 7) is 4.63. The Kier molecular flexibility index (Phi) is 8.85. The van der Waals surface area contributed by atoms with Gasteiger partial charge >= 0.3 is 22.1 Å². The molecule has 0 spiro atoms. The predicted molar refractivity (Wildman–Crippen MR) is 114 cm³/mol. The van der Waals surface area contributed by atoms with E-state index >= 15 is 0 Å². The summed E-state index contributed by atoms with van der Waals surface area (Å²) in [6.07, 6.45) is 0. The molecule has 0 aromatic heterocycles. The number of esters is 2. The molecule has 15 heteroatoms. The minimum Gasteiger partial charge on any atom is -0.488 e. The minimum atomic E-state index is -5.67. The SMILES string of the molecule is C=C(C)C(=O)OCCOc1c(Br)cc(C(=O)Oc2c(F)c(F)c(S(=O)(=O)O)c(F)c2F)cc1Br. The van der Waals surface area contributed by atoms with Gasteiger partial charge in [0, 0.05) is 5.57 Å². The second kappa shape index (κ2) is 10.8. The predicted octanol–water partition coefficient (Wildman–Crippen LogP) is 4.73. The molecule has 0 aliphatic rings. The Hall–Kier alpha value is -2.49. The average Bonchev–Trinajstić information content (AvgIpc) is 2.72. The molecule has 0 atom stereocenters. The zero-order chi connectivity index (χ0) is 26.0. The van der Waals surface area contributed by atoms with Crippen LogP contribution < -0.4 is 9.47 Å². The summed E-state index contributed by atoms with van der Waals surface area (Å²) >= 11 is 6.18. The van der Waals surface area contributed by atoms with Crippen LogP contribution in [-0.4, -0.2) is 38.1 Å². The Balaban J connectivity index is 2.26. The third-order valence-electron chi connectivity index (χ3n) is 3.78. The van der Waals surface area contributed by atoms with Gasteiger partial charge in [-0.05, 0) is 50.9 Å². The van der Waals surface area contributed by atoms with Crippen LogP contribution in [0.2, 0.25) is 0 Å². The lowest BCUT2D eigenvalue weighted by atomic mass is 10.2. The van der Waals surface area contributed by atoms with Gasteiger partial charge in [0.05, 0.1) is 14.5 Å². The summed E-state index contributed by atoms with van der Waals surface area (Å²) < 4.78 is 102. The topological polar surface area (TPSA) is 116 Å². The Labute approximate surface area is 206 Å². The van der Waals surface area contributed by atoms with Gasteiger partial charge in [-0.15, -0.1) is 0 Å². The van der Waals surface area contributed by atoms with Crippen molar-refractivity contribution >= 4 is 53.9 Å². The first-order valence-electron chi connectivity index (χ1n) is 8.66. The van der Waals surface area contributed by atoms with E-state index in [0.717, 1.165) is 12.1 Å². The maximum atomic E-state index is 14.1. The van der Waals surface area contributed by atoms with Crippen molar-refractivity contribution in [3.05, 3.63) is 62.1 Å². The first-order valence-corrected chi connectivity index (χ1v) is 11.7. The summed E-state index contributed by atoms with van der Waals surface area (Å²) in [5.41, 5.74) is -0.191. The molecule has 0 saturated heterocycles. The van der Waals surface area contributed by atoms with Crippen molar-refractivity contribution in [3.8, 4) is 11.5 Å². The number of ether oxygens (including phenoxy) is 3. The summed E-state index contributed by atoms with van der Waals surface area (Å²) in [5.74, 6) is -13.5. The van der Waals surface area contributed by atoms with E-state index in [4.69, 9.17) is 14.0 Å². The molecule has 0 radical (unpaired) electrons. The number of benzene rings is 2. The Bertz CT molecular complexity index is 1250. The molecule has 0 amide bonds. The van der Waals surface area contributed by atoms with Gasteiger partial charge in [-0.25, -0.2) is 18.4 Å². The summed E-state index contributed by atoms with van der Waals surface area (Å²) in [7, 11) is -5.67. The molecule has 1 N–H and O–H groups in total. The van der Waals surface area contributed by atoms with E-state index in [0.29, 0.717) is 0 Å². The van der Waals surface area contributed by atoms with Gasteiger partial charge in [-0.2, -0.15) is 17.2 Å². The van der Waals surface area contributed by atoms with Crippen LogP contribution in [0.15, 0.2) is 38.1 Å². The number of carbonyl (C=O) groups is 2. The molecule has 2 aromatic carbocycles. The van der Waals surface area contributed by atoms with Crippen LogP contribution in [0.25, 0.3) is 0 Å². The molecule has 0 fully saturated rings. The molecule has 0 aliphatic carbocycles. The van der Waals surface area contributed by atoms with Crippen LogP contribution >= 0.6 is 31.9 Å². The van der Waals surface area contributed by atoms with E-state index < -0.39 is 56.0 Å². The monoisotopic (exact) mass is 634 g/mol. The van der Waals surface area contributed by atoms with Crippen molar-refractivity contribution in [1.82, 2.24) is 0 Å². The molecular formula is C19H12Br2F4O8S.